The van der Waals surface area contributed by atoms with Crippen molar-refractivity contribution in [1.82, 2.24) is 5.32 Å². The van der Waals surface area contributed by atoms with Gasteiger partial charge in [0.25, 0.3) is 0 Å². The summed E-state index contributed by atoms with van der Waals surface area (Å²) in [7, 11) is 0. The molecule has 0 saturated heterocycles. The molecule has 0 radical (unpaired) electrons. The first kappa shape index (κ1) is 15.8. The summed E-state index contributed by atoms with van der Waals surface area (Å²) < 4.78 is 10.1. The number of amides is 1. The minimum Gasteiger partial charge on any atom is -0.466 e. The number of nitrogens with one attached hydrogen (secondary N) is 1. The lowest BCUT2D eigenvalue weighted by Crippen LogP contribution is -2.38. The van der Waals surface area contributed by atoms with Gasteiger partial charge >= 0.3 is 12.1 Å². The highest BCUT2D eigenvalue weighted by molar-refractivity contribution is 5.70. The summed E-state index contributed by atoms with van der Waals surface area (Å²) in [6, 6.07) is 0.106. The molecule has 19 heavy (non-hydrogen) atoms. The Hall–Kier alpha value is -1.26. The number of carbonyl (C=O) groups is 2. The fraction of sp³-hybridized carbons (Fsp3) is 0.857. The number of hydrogen-bond donors (Lipinski definition) is 1. The second-order valence-electron chi connectivity index (χ2n) is 6.03. The molecule has 0 aromatic rings. The van der Waals surface area contributed by atoms with Gasteiger partial charge in [0, 0.05) is 12.5 Å². The lowest BCUT2D eigenvalue weighted by atomic mass is 10.0. The van der Waals surface area contributed by atoms with E-state index in [1.807, 2.05) is 20.8 Å². The van der Waals surface area contributed by atoms with E-state index in [1.165, 1.54) is 0 Å². The minimum atomic E-state index is -0.479. The van der Waals surface area contributed by atoms with Gasteiger partial charge in [-0.25, -0.2) is 4.79 Å². The zero-order valence-corrected chi connectivity index (χ0v) is 12.3. The van der Waals surface area contributed by atoms with E-state index in [9.17, 15) is 9.59 Å². The largest absolute Gasteiger partial charge is 0.466 e. The van der Waals surface area contributed by atoms with E-state index in [-0.39, 0.29) is 18.1 Å². The van der Waals surface area contributed by atoms with E-state index < -0.39 is 5.60 Å². The van der Waals surface area contributed by atoms with Crippen LogP contribution in [0, 0.1) is 5.92 Å². The Kier molecular flexibility index (Phi) is 5.63. The predicted molar refractivity (Wildman–Crippen MR) is 71.7 cm³/mol. The van der Waals surface area contributed by atoms with Crippen LogP contribution in [0.4, 0.5) is 4.79 Å². The predicted octanol–water partition coefficient (Wildman–Crippen LogP) is 2.63. The SMILES string of the molecule is CCOC(=O)CC1CCC(NC(=O)OC(C)(C)C)C1. The van der Waals surface area contributed by atoms with Crippen LogP contribution in [0.2, 0.25) is 0 Å². The fourth-order valence-electron chi connectivity index (χ4n) is 2.32. The molecule has 1 rings (SSSR count). The molecule has 0 spiro atoms. The maximum absolute atomic E-state index is 11.6. The van der Waals surface area contributed by atoms with Crippen LogP contribution in [0.5, 0.6) is 0 Å². The molecule has 5 heteroatoms. The van der Waals surface area contributed by atoms with E-state index in [2.05, 4.69) is 5.32 Å². The lowest BCUT2D eigenvalue weighted by Gasteiger charge is -2.21. The molecule has 2 unspecified atom stereocenters. The zero-order valence-electron chi connectivity index (χ0n) is 12.3. The third kappa shape index (κ3) is 6.45. The van der Waals surface area contributed by atoms with Crippen molar-refractivity contribution in [2.45, 2.75) is 65.0 Å². The average molecular weight is 271 g/mol. The number of alkyl carbamates (subject to hydrolysis) is 1. The van der Waals surface area contributed by atoms with Gasteiger partial charge in [0.1, 0.15) is 5.60 Å². The van der Waals surface area contributed by atoms with Crippen molar-refractivity contribution in [1.29, 1.82) is 0 Å². The Morgan fingerprint density at radius 2 is 1.95 bits per heavy atom. The van der Waals surface area contributed by atoms with Gasteiger partial charge in [-0.3, -0.25) is 4.79 Å². The van der Waals surface area contributed by atoms with Crippen LogP contribution in [0.25, 0.3) is 0 Å². The van der Waals surface area contributed by atoms with Crippen molar-refractivity contribution >= 4 is 12.1 Å². The molecule has 0 aromatic heterocycles. The lowest BCUT2D eigenvalue weighted by molar-refractivity contribution is -0.144. The molecule has 0 aliphatic heterocycles. The van der Waals surface area contributed by atoms with E-state index in [4.69, 9.17) is 9.47 Å². The second kappa shape index (κ2) is 6.78. The van der Waals surface area contributed by atoms with Crippen LogP contribution in [-0.4, -0.2) is 30.3 Å². The highest BCUT2D eigenvalue weighted by Crippen LogP contribution is 2.28. The van der Waals surface area contributed by atoms with Gasteiger partial charge in [0.05, 0.1) is 6.61 Å². The van der Waals surface area contributed by atoms with Gasteiger partial charge in [-0.05, 0) is 52.9 Å². The molecule has 1 amide bonds. The molecular formula is C14H25NO4. The first-order chi connectivity index (χ1) is 8.80. The Labute approximate surface area is 115 Å². The summed E-state index contributed by atoms with van der Waals surface area (Å²) >= 11 is 0. The van der Waals surface area contributed by atoms with E-state index in [0.717, 1.165) is 19.3 Å². The maximum Gasteiger partial charge on any atom is 0.407 e. The molecule has 1 fully saturated rings. The summed E-state index contributed by atoms with van der Waals surface area (Å²) in [6.45, 7) is 7.74. The Bertz CT molecular complexity index is 322. The van der Waals surface area contributed by atoms with Gasteiger partial charge in [0.2, 0.25) is 0 Å². The van der Waals surface area contributed by atoms with Crippen LogP contribution in [0.3, 0.4) is 0 Å². The van der Waals surface area contributed by atoms with Gasteiger partial charge in [-0.15, -0.1) is 0 Å². The highest BCUT2D eigenvalue weighted by atomic mass is 16.6. The Morgan fingerprint density at radius 3 is 2.53 bits per heavy atom. The standard InChI is InChI=1S/C14H25NO4/c1-5-18-12(16)9-10-6-7-11(8-10)15-13(17)19-14(2,3)4/h10-11H,5-9H2,1-4H3,(H,15,17). The summed E-state index contributed by atoms with van der Waals surface area (Å²) in [6.07, 6.45) is 2.72. The molecule has 1 saturated carbocycles. The number of rotatable bonds is 4. The minimum absolute atomic E-state index is 0.106. The van der Waals surface area contributed by atoms with Crippen molar-refractivity contribution in [3.63, 3.8) is 0 Å². The van der Waals surface area contributed by atoms with Crippen molar-refractivity contribution in [2.24, 2.45) is 5.92 Å². The van der Waals surface area contributed by atoms with Crippen LogP contribution in [0.1, 0.15) is 53.4 Å². The smallest absolute Gasteiger partial charge is 0.407 e. The molecule has 1 aliphatic carbocycles. The summed E-state index contributed by atoms with van der Waals surface area (Å²) in [5.74, 6) is 0.157. The Balaban J connectivity index is 2.28. The van der Waals surface area contributed by atoms with Gasteiger partial charge in [-0.1, -0.05) is 0 Å². The third-order valence-corrected chi connectivity index (χ3v) is 3.02. The second-order valence-corrected chi connectivity index (χ2v) is 6.03. The first-order valence-corrected chi connectivity index (χ1v) is 6.95. The van der Waals surface area contributed by atoms with Crippen molar-refractivity contribution in [2.75, 3.05) is 6.61 Å². The normalized spacial score (nSPS) is 22.9. The van der Waals surface area contributed by atoms with Gasteiger partial charge < -0.3 is 14.8 Å². The van der Waals surface area contributed by atoms with Crippen LogP contribution < -0.4 is 5.32 Å². The summed E-state index contributed by atoms with van der Waals surface area (Å²) in [5.41, 5.74) is -0.479. The molecule has 1 N–H and O–H groups in total. The van der Waals surface area contributed by atoms with Gasteiger partial charge in [0.15, 0.2) is 0 Å². The van der Waals surface area contributed by atoms with Crippen molar-refractivity contribution < 1.29 is 19.1 Å². The van der Waals surface area contributed by atoms with Crippen LogP contribution in [0.15, 0.2) is 0 Å². The van der Waals surface area contributed by atoms with E-state index >= 15 is 0 Å². The monoisotopic (exact) mass is 271 g/mol. The molecule has 5 nitrogen and oxygen atoms in total. The molecule has 1 aliphatic rings. The van der Waals surface area contributed by atoms with E-state index in [1.54, 1.807) is 6.92 Å². The highest BCUT2D eigenvalue weighted by Gasteiger charge is 2.29. The number of carbonyl (C=O) groups excluding carboxylic acids is 2. The van der Waals surface area contributed by atoms with Crippen molar-refractivity contribution in [3.05, 3.63) is 0 Å². The van der Waals surface area contributed by atoms with Crippen LogP contribution >= 0.6 is 0 Å². The van der Waals surface area contributed by atoms with Gasteiger partial charge in [-0.2, -0.15) is 0 Å². The maximum atomic E-state index is 11.6. The van der Waals surface area contributed by atoms with Crippen LogP contribution in [-0.2, 0) is 14.3 Å². The fourth-order valence-corrected chi connectivity index (χ4v) is 2.32. The first-order valence-electron chi connectivity index (χ1n) is 6.95. The quantitative estimate of drug-likeness (QED) is 0.798. The third-order valence-electron chi connectivity index (χ3n) is 3.02. The molecular weight excluding hydrogens is 246 g/mol. The zero-order chi connectivity index (χ0) is 14.5. The topological polar surface area (TPSA) is 64.6 Å². The average Bonchev–Trinajstić information content (AvgIpc) is 2.62. The van der Waals surface area contributed by atoms with E-state index in [0.29, 0.717) is 18.9 Å². The summed E-state index contributed by atoms with van der Waals surface area (Å²) in [5, 5.41) is 2.86. The number of hydrogen-bond acceptors (Lipinski definition) is 4. The molecule has 0 heterocycles. The van der Waals surface area contributed by atoms with Crippen molar-refractivity contribution in [3.8, 4) is 0 Å². The Morgan fingerprint density at radius 1 is 1.26 bits per heavy atom. The number of esters is 1. The summed E-state index contributed by atoms with van der Waals surface area (Å²) in [4.78, 5) is 23.0. The molecule has 0 aromatic carbocycles. The molecule has 110 valence electrons. The number of ether oxygens (including phenoxy) is 2. The molecule has 2 atom stereocenters. The molecule has 0 bridgehead atoms.